The van der Waals surface area contributed by atoms with Crippen LogP contribution >= 0.6 is 0 Å². The Balaban J connectivity index is 1.25. The molecule has 2 aromatic rings. The number of allylic oxidation sites excluding steroid dienone is 1. The summed E-state index contributed by atoms with van der Waals surface area (Å²) >= 11 is 0. The van der Waals surface area contributed by atoms with Gasteiger partial charge in [0.15, 0.2) is 0 Å². The number of hydrogen-bond donors (Lipinski definition) is 3. The lowest BCUT2D eigenvalue weighted by atomic mass is 9.85. The highest BCUT2D eigenvalue weighted by Gasteiger charge is 2.64. The molecule has 6 atom stereocenters. The highest BCUT2D eigenvalue weighted by molar-refractivity contribution is 7.91. The summed E-state index contributed by atoms with van der Waals surface area (Å²) < 4.78 is 96.8. The van der Waals surface area contributed by atoms with E-state index in [0.29, 0.717) is 75.4 Å². The number of aromatic nitrogens is 1. The topological polar surface area (TPSA) is 173 Å². The molecule has 3 fully saturated rings. The number of nitrogens with zero attached hydrogens (tertiary/aromatic N) is 2. The van der Waals surface area contributed by atoms with Crippen LogP contribution < -0.4 is 20.1 Å². The van der Waals surface area contributed by atoms with Crippen molar-refractivity contribution in [3.8, 4) is 5.75 Å². The quantitative estimate of drug-likeness (QED) is 0.231. The SMILES string of the molecule is CCc1ccc2nc(C)c3c(c2c1)C(F)C[C@]1(C[C@H]2C(=O)N[C@]4(C(=O)NS(=O)(=O)C5(C)CC5)C[C@H]4/C=C\CCCCC[C@H](NC(=O)OC(C)(C)C(F)(F)F)C(=O)N2C1)O3. The largest absolute Gasteiger partial charge is 0.483 e. The van der Waals surface area contributed by atoms with Crippen LogP contribution in [-0.2, 0) is 35.6 Å². The maximum atomic E-state index is 16.8. The Morgan fingerprint density at radius 2 is 1.83 bits per heavy atom. The first-order valence-corrected chi connectivity index (χ1v) is 21.7. The molecule has 13 nitrogen and oxygen atoms in total. The Labute approximate surface area is 340 Å². The Bertz CT molecular complexity index is 2210. The van der Waals surface area contributed by atoms with Gasteiger partial charge in [-0.05, 0) is 90.3 Å². The smallest absolute Gasteiger partial charge is 0.427 e. The minimum absolute atomic E-state index is 0.0300. The van der Waals surface area contributed by atoms with Crippen LogP contribution in [0.4, 0.5) is 22.4 Å². The van der Waals surface area contributed by atoms with E-state index in [1.807, 2.05) is 31.2 Å². The van der Waals surface area contributed by atoms with E-state index in [9.17, 15) is 40.8 Å². The van der Waals surface area contributed by atoms with Gasteiger partial charge >= 0.3 is 12.3 Å². The standard InChI is InChI=1S/C41H51F4N5O8S/c1-6-24-14-15-28-26(18-24)31-27(42)20-39(57-32(31)23(2)46-28)21-30-33(51)48-40(35(53)49-59(55,56)38(5)16-17-38)19-25(40)12-10-8-7-9-11-13-29(34(52)50(30)22-39)47-36(54)58-37(3,4)41(43,44)45/h10,12,14-15,18,25,27,29-30H,6-9,11,13,16-17,19-22H2,1-5H3,(H,47,54)(H,48,51)(H,49,53)/b12-10-/t25-,27?,29+,30+,39-,40-/m1/s1. The lowest BCUT2D eigenvalue weighted by molar-refractivity contribution is -0.244. The average molecular weight is 850 g/mol. The van der Waals surface area contributed by atoms with Gasteiger partial charge in [-0.2, -0.15) is 13.2 Å². The maximum absolute atomic E-state index is 16.8. The van der Waals surface area contributed by atoms with Crippen LogP contribution in [0, 0.1) is 12.8 Å². The highest BCUT2D eigenvalue weighted by Crippen LogP contribution is 2.52. The van der Waals surface area contributed by atoms with Crippen molar-refractivity contribution in [2.24, 2.45) is 5.92 Å². The van der Waals surface area contributed by atoms with Crippen molar-refractivity contribution < 1.29 is 54.6 Å². The van der Waals surface area contributed by atoms with Gasteiger partial charge in [0.2, 0.25) is 27.4 Å². The number of nitrogens with one attached hydrogen (secondary N) is 3. The molecule has 1 aromatic heterocycles. The second kappa shape index (κ2) is 14.9. The summed E-state index contributed by atoms with van der Waals surface area (Å²) in [5.41, 5.74) is -3.94. The van der Waals surface area contributed by atoms with E-state index in [1.54, 1.807) is 13.0 Å². The molecule has 1 saturated heterocycles. The van der Waals surface area contributed by atoms with Crippen molar-refractivity contribution in [2.75, 3.05) is 6.54 Å². The molecule has 1 spiro atoms. The first kappa shape index (κ1) is 42.6. The second-order valence-electron chi connectivity index (χ2n) is 17.6. The van der Waals surface area contributed by atoms with Crippen molar-refractivity contribution in [2.45, 2.75) is 151 Å². The van der Waals surface area contributed by atoms with Crippen molar-refractivity contribution >= 4 is 44.7 Å². The summed E-state index contributed by atoms with van der Waals surface area (Å²) in [6, 6.07) is 2.66. The summed E-state index contributed by atoms with van der Waals surface area (Å²) in [5.74, 6) is -3.05. The number of carbonyl (C=O) groups excluding carboxylic acids is 4. The molecule has 1 aromatic carbocycles. The van der Waals surface area contributed by atoms with Crippen LogP contribution in [0.2, 0.25) is 0 Å². The minimum Gasteiger partial charge on any atom is -0.483 e. The second-order valence-corrected chi connectivity index (χ2v) is 19.8. The van der Waals surface area contributed by atoms with Crippen LogP contribution in [0.15, 0.2) is 30.4 Å². The summed E-state index contributed by atoms with van der Waals surface area (Å²) in [5, 5.41) is 5.64. The summed E-state index contributed by atoms with van der Waals surface area (Å²) in [6.45, 7) is 6.13. The van der Waals surface area contributed by atoms with E-state index in [-0.39, 0.29) is 43.5 Å². The molecule has 4 amide bonds. The zero-order valence-corrected chi connectivity index (χ0v) is 34.6. The number of alkyl halides is 4. The Morgan fingerprint density at radius 3 is 2.51 bits per heavy atom. The number of benzene rings is 1. The van der Waals surface area contributed by atoms with E-state index < -0.39 is 85.7 Å². The van der Waals surface area contributed by atoms with Gasteiger partial charge in [0.25, 0.3) is 5.91 Å². The first-order chi connectivity index (χ1) is 27.5. The Morgan fingerprint density at radius 1 is 1.10 bits per heavy atom. The van der Waals surface area contributed by atoms with E-state index in [2.05, 4.69) is 20.3 Å². The molecular formula is C41H51F4N5O8S. The molecule has 5 aliphatic rings. The molecule has 59 heavy (non-hydrogen) atoms. The molecule has 0 bridgehead atoms. The van der Waals surface area contributed by atoms with Gasteiger partial charge in [0, 0.05) is 29.7 Å². The lowest BCUT2D eigenvalue weighted by Crippen LogP contribution is -2.59. The molecule has 7 rings (SSSR count). The molecule has 2 aliphatic carbocycles. The number of alkyl carbamates (subject to hydrolysis) is 1. The van der Waals surface area contributed by atoms with Crippen LogP contribution in [0.5, 0.6) is 5.75 Å². The third-order valence-electron chi connectivity index (χ3n) is 12.7. The number of pyridine rings is 1. The molecule has 18 heteroatoms. The predicted molar refractivity (Wildman–Crippen MR) is 207 cm³/mol. The van der Waals surface area contributed by atoms with Gasteiger partial charge in [0.05, 0.1) is 22.5 Å². The number of amides is 4. The van der Waals surface area contributed by atoms with Crippen molar-refractivity contribution in [3.63, 3.8) is 0 Å². The Hall–Kier alpha value is -4.48. The van der Waals surface area contributed by atoms with Crippen molar-refractivity contribution in [3.05, 3.63) is 47.2 Å². The fourth-order valence-corrected chi connectivity index (χ4v) is 9.77. The number of hydrogen-bond acceptors (Lipinski definition) is 9. The number of fused-ring (bicyclic) bond motifs is 5. The number of rotatable bonds is 6. The van der Waals surface area contributed by atoms with E-state index in [1.165, 1.54) is 6.92 Å². The van der Waals surface area contributed by atoms with Gasteiger partial charge in [0.1, 0.15) is 35.1 Å². The van der Waals surface area contributed by atoms with Crippen molar-refractivity contribution in [1.29, 1.82) is 0 Å². The van der Waals surface area contributed by atoms with Crippen LogP contribution in [0.3, 0.4) is 0 Å². The molecule has 3 aliphatic heterocycles. The minimum atomic E-state index is -4.93. The van der Waals surface area contributed by atoms with Gasteiger partial charge < -0.3 is 25.0 Å². The van der Waals surface area contributed by atoms with Crippen LogP contribution in [0.25, 0.3) is 10.9 Å². The third-order valence-corrected chi connectivity index (χ3v) is 14.9. The number of halogens is 4. The molecule has 2 saturated carbocycles. The third kappa shape index (κ3) is 7.97. The number of ether oxygens (including phenoxy) is 2. The zero-order valence-electron chi connectivity index (χ0n) is 33.8. The Kier molecular flexibility index (Phi) is 10.8. The highest BCUT2D eigenvalue weighted by atomic mass is 32.2. The first-order valence-electron chi connectivity index (χ1n) is 20.2. The summed E-state index contributed by atoms with van der Waals surface area (Å²) in [6.07, 6.45) is -1.57. The number of sulfonamides is 1. The summed E-state index contributed by atoms with van der Waals surface area (Å²) in [4.78, 5) is 62.1. The molecule has 0 radical (unpaired) electrons. The van der Waals surface area contributed by atoms with E-state index in [4.69, 9.17) is 9.47 Å². The fourth-order valence-electron chi connectivity index (χ4n) is 8.46. The number of aryl methyl sites for hydroxylation is 2. The molecule has 1 unspecified atom stereocenters. The molecule has 3 N–H and O–H groups in total. The molecule has 322 valence electrons. The fraction of sp³-hybridized carbons (Fsp3) is 0.634. The van der Waals surface area contributed by atoms with Gasteiger partial charge in [-0.25, -0.2) is 22.6 Å². The van der Waals surface area contributed by atoms with Crippen LogP contribution in [0.1, 0.15) is 115 Å². The number of carbonyl (C=O) groups is 4. The normalized spacial score (nSPS) is 30.1. The van der Waals surface area contributed by atoms with Crippen molar-refractivity contribution in [1.82, 2.24) is 25.2 Å². The summed E-state index contributed by atoms with van der Waals surface area (Å²) in [7, 11) is -4.11. The lowest BCUT2D eigenvalue weighted by Gasteiger charge is -2.38. The molecular weight excluding hydrogens is 799 g/mol. The average Bonchev–Trinajstić information content (AvgIpc) is 4.04. The van der Waals surface area contributed by atoms with E-state index in [0.717, 1.165) is 10.5 Å². The van der Waals surface area contributed by atoms with Gasteiger partial charge in [-0.1, -0.05) is 38.0 Å². The maximum Gasteiger partial charge on any atom is 0.427 e. The monoisotopic (exact) mass is 849 g/mol. The van der Waals surface area contributed by atoms with E-state index >= 15 is 4.39 Å². The zero-order chi connectivity index (χ0) is 42.9. The van der Waals surface area contributed by atoms with Crippen LogP contribution in [-0.4, -0.2) is 88.4 Å². The van der Waals surface area contributed by atoms with Gasteiger partial charge in [-0.3, -0.25) is 19.1 Å². The van der Waals surface area contributed by atoms with Gasteiger partial charge in [-0.15, -0.1) is 0 Å². The molecule has 4 heterocycles. The predicted octanol–water partition coefficient (Wildman–Crippen LogP) is 6.07.